The highest BCUT2D eigenvalue weighted by molar-refractivity contribution is 5.77. The number of rotatable bonds is 6. The van der Waals surface area contributed by atoms with Crippen LogP contribution >= 0.6 is 0 Å². The van der Waals surface area contributed by atoms with E-state index in [9.17, 15) is 9.59 Å². The average molecular weight is 377 g/mol. The lowest BCUT2D eigenvalue weighted by atomic mass is 9.51. The van der Waals surface area contributed by atoms with Crippen LogP contribution in [0.5, 0.6) is 0 Å². The minimum Gasteiger partial charge on any atom is -0.469 e. The summed E-state index contributed by atoms with van der Waals surface area (Å²) in [6.07, 6.45) is 10.5. The Morgan fingerprint density at radius 3 is 2.59 bits per heavy atom. The second kappa shape index (κ2) is 8.62. The molecule has 4 atom stereocenters. The van der Waals surface area contributed by atoms with Gasteiger partial charge in [-0.1, -0.05) is 31.1 Å². The van der Waals surface area contributed by atoms with E-state index in [-0.39, 0.29) is 23.3 Å². The summed E-state index contributed by atoms with van der Waals surface area (Å²) in [6, 6.07) is 0. The number of hydrogen-bond donors (Lipinski definition) is 0. The van der Waals surface area contributed by atoms with Crippen molar-refractivity contribution in [3.05, 3.63) is 23.3 Å². The van der Waals surface area contributed by atoms with E-state index in [0.29, 0.717) is 12.5 Å². The van der Waals surface area contributed by atoms with Crippen LogP contribution < -0.4 is 0 Å². The van der Waals surface area contributed by atoms with E-state index in [1.54, 1.807) is 0 Å². The largest absolute Gasteiger partial charge is 0.469 e. The standard InChI is InChI=1S/C23H36O4/c1-16(12-15-27-18(3)24)11-14-22(4)17(2)9-10-20-19(22)8-7-13-23(20,5)21(25)26-6/h8,12,17,20H,7,9-11,13-15H2,1-6H3/b16-12+/t17-,20+,22+,23+/m1/s1. The molecular weight excluding hydrogens is 340 g/mol. The van der Waals surface area contributed by atoms with Gasteiger partial charge < -0.3 is 9.47 Å². The Kier molecular flexibility index (Phi) is 6.93. The van der Waals surface area contributed by atoms with Crippen molar-refractivity contribution < 1.29 is 19.1 Å². The van der Waals surface area contributed by atoms with Crippen molar-refractivity contribution in [2.24, 2.45) is 22.7 Å². The molecule has 152 valence electrons. The first-order valence-corrected chi connectivity index (χ1v) is 10.2. The van der Waals surface area contributed by atoms with Crippen LogP contribution in [0, 0.1) is 22.7 Å². The molecule has 0 aromatic heterocycles. The third kappa shape index (κ3) is 4.47. The SMILES string of the molecule is COC(=O)[C@@]1(C)CCC=C2[C@@H]1CC[C@@H](C)[C@]2(C)CC/C(C)=C/COC(C)=O. The molecule has 0 radical (unpaired) electrons. The minimum atomic E-state index is -0.402. The van der Waals surface area contributed by atoms with Gasteiger partial charge in [0.25, 0.3) is 0 Å². The van der Waals surface area contributed by atoms with Gasteiger partial charge in [-0.25, -0.2) is 0 Å². The summed E-state index contributed by atoms with van der Waals surface area (Å²) in [5, 5.41) is 0. The van der Waals surface area contributed by atoms with Crippen molar-refractivity contribution in [2.75, 3.05) is 13.7 Å². The number of carbonyl (C=O) groups excluding carboxylic acids is 2. The Labute approximate surface area is 164 Å². The number of ether oxygens (including phenoxy) is 2. The van der Waals surface area contributed by atoms with Gasteiger partial charge in [0.2, 0.25) is 0 Å². The zero-order valence-electron chi connectivity index (χ0n) is 17.9. The average Bonchev–Trinajstić information content (AvgIpc) is 2.62. The minimum absolute atomic E-state index is 0.0625. The van der Waals surface area contributed by atoms with Gasteiger partial charge in [0, 0.05) is 6.92 Å². The molecule has 0 N–H and O–H groups in total. The monoisotopic (exact) mass is 376 g/mol. The summed E-state index contributed by atoms with van der Waals surface area (Å²) in [5.74, 6) is 0.558. The lowest BCUT2D eigenvalue weighted by Crippen LogP contribution is -2.47. The maximum atomic E-state index is 12.6. The number of hydrogen-bond acceptors (Lipinski definition) is 4. The van der Waals surface area contributed by atoms with E-state index >= 15 is 0 Å². The summed E-state index contributed by atoms with van der Waals surface area (Å²) < 4.78 is 10.2. The Balaban J connectivity index is 2.18. The van der Waals surface area contributed by atoms with Gasteiger partial charge in [0.1, 0.15) is 6.61 Å². The summed E-state index contributed by atoms with van der Waals surface area (Å²) in [5.41, 5.74) is 2.41. The third-order valence-corrected chi connectivity index (χ3v) is 7.22. The predicted molar refractivity (Wildman–Crippen MR) is 107 cm³/mol. The molecule has 0 aromatic rings. The number of esters is 2. The van der Waals surface area contributed by atoms with Gasteiger partial charge in [-0.2, -0.15) is 0 Å². The van der Waals surface area contributed by atoms with Crippen LogP contribution in [0.3, 0.4) is 0 Å². The molecule has 0 aliphatic heterocycles. The summed E-state index contributed by atoms with van der Waals surface area (Å²) >= 11 is 0. The molecule has 4 heteroatoms. The van der Waals surface area contributed by atoms with Crippen molar-refractivity contribution in [3.63, 3.8) is 0 Å². The topological polar surface area (TPSA) is 52.6 Å². The molecule has 2 aliphatic rings. The van der Waals surface area contributed by atoms with Crippen LogP contribution in [0.15, 0.2) is 23.3 Å². The molecule has 0 aromatic carbocycles. The maximum Gasteiger partial charge on any atom is 0.312 e. The van der Waals surface area contributed by atoms with Crippen LogP contribution in [0.25, 0.3) is 0 Å². The number of methoxy groups -OCH3 is 1. The second-order valence-electron chi connectivity index (χ2n) is 8.91. The Hall–Kier alpha value is -1.58. The smallest absolute Gasteiger partial charge is 0.312 e. The molecule has 4 nitrogen and oxygen atoms in total. The fourth-order valence-electron chi connectivity index (χ4n) is 5.04. The van der Waals surface area contributed by atoms with Crippen molar-refractivity contribution in [3.8, 4) is 0 Å². The van der Waals surface area contributed by atoms with Crippen LogP contribution in [0.2, 0.25) is 0 Å². The first kappa shape index (κ1) is 21.7. The van der Waals surface area contributed by atoms with Gasteiger partial charge in [-0.3, -0.25) is 9.59 Å². The predicted octanol–water partition coefficient (Wildman–Crippen LogP) is 5.23. The fraction of sp³-hybridized carbons (Fsp3) is 0.739. The van der Waals surface area contributed by atoms with Gasteiger partial charge in [-0.05, 0) is 75.7 Å². The highest BCUT2D eigenvalue weighted by Crippen LogP contribution is 2.58. The zero-order chi connectivity index (χ0) is 20.2. The molecular formula is C23H36O4. The molecule has 0 spiro atoms. The first-order valence-electron chi connectivity index (χ1n) is 10.2. The van der Waals surface area contributed by atoms with Crippen molar-refractivity contribution in [1.29, 1.82) is 0 Å². The fourth-order valence-corrected chi connectivity index (χ4v) is 5.04. The van der Waals surface area contributed by atoms with Gasteiger partial charge in [-0.15, -0.1) is 0 Å². The quantitative estimate of drug-likeness (QED) is 0.470. The van der Waals surface area contributed by atoms with Crippen molar-refractivity contribution in [2.45, 2.75) is 73.1 Å². The molecule has 0 heterocycles. The first-order chi connectivity index (χ1) is 12.6. The summed E-state index contributed by atoms with van der Waals surface area (Å²) in [6.45, 7) is 10.7. The molecule has 2 rings (SSSR count). The van der Waals surface area contributed by atoms with Crippen LogP contribution in [-0.4, -0.2) is 25.7 Å². The summed E-state index contributed by atoms with van der Waals surface area (Å²) in [4.78, 5) is 23.5. The van der Waals surface area contributed by atoms with E-state index < -0.39 is 5.41 Å². The lowest BCUT2D eigenvalue weighted by Gasteiger charge is -2.53. The molecule has 0 unspecified atom stereocenters. The third-order valence-electron chi connectivity index (χ3n) is 7.22. The van der Waals surface area contributed by atoms with Crippen LogP contribution in [0.4, 0.5) is 0 Å². The summed E-state index contributed by atoms with van der Waals surface area (Å²) in [7, 11) is 1.51. The van der Waals surface area contributed by atoms with Gasteiger partial charge in [0.05, 0.1) is 12.5 Å². The van der Waals surface area contributed by atoms with E-state index in [1.807, 2.05) is 6.08 Å². The Bertz CT molecular complexity index is 632. The second-order valence-corrected chi connectivity index (χ2v) is 8.91. The molecule has 1 saturated carbocycles. The molecule has 2 aliphatic carbocycles. The normalized spacial score (nSPS) is 33.7. The van der Waals surface area contributed by atoms with Crippen LogP contribution in [-0.2, 0) is 19.1 Å². The van der Waals surface area contributed by atoms with E-state index in [2.05, 4.69) is 33.8 Å². The van der Waals surface area contributed by atoms with Crippen molar-refractivity contribution in [1.82, 2.24) is 0 Å². The molecule has 0 bridgehead atoms. The van der Waals surface area contributed by atoms with E-state index in [1.165, 1.54) is 25.2 Å². The maximum absolute atomic E-state index is 12.6. The van der Waals surface area contributed by atoms with Gasteiger partial charge in [0.15, 0.2) is 0 Å². The van der Waals surface area contributed by atoms with E-state index in [4.69, 9.17) is 9.47 Å². The lowest BCUT2D eigenvalue weighted by molar-refractivity contribution is -0.156. The van der Waals surface area contributed by atoms with Gasteiger partial charge >= 0.3 is 11.9 Å². The number of allylic oxidation sites excluding steroid dienone is 3. The van der Waals surface area contributed by atoms with E-state index in [0.717, 1.165) is 38.5 Å². The highest BCUT2D eigenvalue weighted by atomic mass is 16.5. The molecule has 27 heavy (non-hydrogen) atoms. The molecule has 0 saturated heterocycles. The van der Waals surface area contributed by atoms with Crippen molar-refractivity contribution >= 4 is 11.9 Å². The highest BCUT2D eigenvalue weighted by Gasteiger charge is 2.52. The Morgan fingerprint density at radius 1 is 1.26 bits per heavy atom. The Morgan fingerprint density at radius 2 is 1.96 bits per heavy atom. The number of carbonyl (C=O) groups is 2. The molecule has 0 amide bonds. The molecule has 1 fully saturated rings. The zero-order valence-corrected chi connectivity index (χ0v) is 17.9. The number of fused-ring (bicyclic) bond motifs is 1. The van der Waals surface area contributed by atoms with Crippen LogP contribution in [0.1, 0.15) is 73.1 Å².